The Morgan fingerprint density at radius 2 is 2.08 bits per heavy atom. The van der Waals surface area contributed by atoms with E-state index >= 15 is 0 Å². The number of benzene rings is 1. The zero-order chi connectivity index (χ0) is 18.5. The second kappa shape index (κ2) is 8.11. The molecule has 26 heavy (non-hydrogen) atoms. The number of carbonyl (C=O) groups excluding carboxylic acids is 1. The Morgan fingerprint density at radius 3 is 2.69 bits per heavy atom. The number of pyridine rings is 1. The van der Waals surface area contributed by atoms with Crippen LogP contribution in [0.4, 0.5) is 0 Å². The summed E-state index contributed by atoms with van der Waals surface area (Å²) in [6.07, 6.45) is 2.40. The molecule has 1 aliphatic heterocycles. The third-order valence-corrected chi connectivity index (χ3v) is 5.12. The van der Waals surface area contributed by atoms with Crippen molar-refractivity contribution < 1.29 is 4.79 Å². The topological polar surface area (TPSA) is 60.2 Å². The summed E-state index contributed by atoms with van der Waals surface area (Å²) in [5, 5.41) is 8.86. The summed E-state index contributed by atoms with van der Waals surface area (Å²) < 4.78 is 0. The molecule has 0 unspecified atom stereocenters. The molecule has 1 aromatic carbocycles. The van der Waals surface area contributed by atoms with Crippen LogP contribution in [0.5, 0.6) is 0 Å². The highest BCUT2D eigenvalue weighted by Gasteiger charge is 2.31. The largest absolute Gasteiger partial charge is 0.337 e. The molecule has 2 heterocycles. The number of piperidine rings is 1. The van der Waals surface area contributed by atoms with Crippen molar-refractivity contribution >= 4 is 5.91 Å². The first-order valence-electron chi connectivity index (χ1n) is 8.98. The maximum atomic E-state index is 12.7. The number of aromatic nitrogens is 1. The predicted octanol–water partition coefficient (Wildman–Crippen LogP) is 2.94. The average molecular weight is 348 g/mol. The molecule has 1 saturated heterocycles. The van der Waals surface area contributed by atoms with E-state index in [1.54, 1.807) is 12.1 Å². The lowest BCUT2D eigenvalue weighted by Crippen LogP contribution is -2.50. The minimum absolute atomic E-state index is 0.0807. The number of hydrogen-bond donors (Lipinski definition) is 0. The van der Waals surface area contributed by atoms with Gasteiger partial charge in [0.2, 0.25) is 0 Å². The van der Waals surface area contributed by atoms with Crippen LogP contribution in [0.15, 0.2) is 48.7 Å². The van der Waals surface area contributed by atoms with Crippen molar-refractivity contribution in [1.29, 1.82) is 5.26 Å². The molecule has 1 aromatic heterocycles. The minimum atomic E-state index is -0.0807. The van der Waals surface area contributed by atoms with Crippen LogP contribution >= 0.6 is 0 Å². The molecule has 1 amide bonds. The molecular formula is C21H24N4O. The molecule has 5 heteroatoms. The standard InChI is InChI=1S/C21H24N4O/c1-16-14-25(15-17-6-4-3-5-7-17)11-10-20(16)24(2)21(26)19-9-8-18(12-22)13-23-19/h3-9,13,16,20H,10-11,14-15H2,1-2H3/t16-,20+/m0/s1. The number of amides is 1. The SMILES string of the molecule is C[C@H]1CN(Cc2ccccc2)CC[C@H]1N(C)C(=O)c1ccc(C#N)cn1. The van der Waals surface area contributed by atoms with Gasteiger partial charge in [-0.1, -0.05) is 37.3 Å². The molecule has 0 spiro atoms. The van der Waals surface area contributed by atoms with Crippen LogP contribution in [0.25, 0.3) is 0 Å². The Bertz CT molecular complexity index is 782. The molecule has 0 saturated carbocycles. The Kier molecular flexibility index (Phi) is 5.65. The number of nitrogens with zero attached hydrogens (tertiary/aromatic N) is 4. The predicted molar refractivity (Wildman–Crippen MR) is 100 cm³/mol. The van der Waals surface area contributed by atoms with E-state index in [0.717, 1.165) is 26.1 Å². The van der Waals surface area contributed by atoms with Gasteiger partial charge < -0.3 is 4.90 Å². The second-order valence-corrected chi connectivity index (χ2v) is 7.01. The highest BCUT2D eigenvalue weighted by Crippen LogP contribution is 2.23. The van der Waals surface area contributed by atoms with Gasteiger partial charge in [0.15, 0.2) is 0 Å². The van der Waals surface area contributed by atoms with Gasteiger partial charge in [-0.3, -0.25) is 9.69 Å². The zero-order valence-corrected chi connectivity index (χ0v) is 15.3. The monoisotopic (exact) mass is 348 g/mol. The van der Waals surface area contributed by atoms with E-state index in [4.69, 9.17) is 5.26 Å². The van der Waals surface area contributed by atoms with Gasteiger partial charge in [-0.15, -0.1) is 0 Å². The molecular weight excluding hydrogens is 324 g/mol. The Labute approximate surface area is 154 Å². The first-order chi connectivity index (χ1) is 12.6. The molecule has 0 radical (unpaired) electrons. The van der Waals surface area contributed by atoms with E-state index in [2.05, 4.69) is 41.1 Å². The average Bonchev–Trinajstić information content (AvgIpc) is 2.68. The summed E-state index contributed by atoms with van der Waals surface area (Å²) in [4.78, 5) is 21.1. The Morgan fingerprint density at radius 1 is 1.31 bits per heavy atom. The van der Waals surface area contributed by atoms with Crippen molar-refractivity contribution in [1.82, 2.24) is 14.8 Å². The minimum Gasteiger partial charge on any atom is -0.337 e. The molecule has 0 bridgehead atoms. The first kappa shape index (κ1) is 18.1. The lowest BCUT2D eigenvalue weighted by atomic mass is 9.92. The quantitative estimate of drug-likeness (QED) is 0.852. The van der Waals surface area contributed by atoms with E-state index < -0.39 is 0 Å². The molecule has 3 rings (SSSR count). The van der Waals surface area contributed by atoms with E-state index in [-0.39, 0.29) is 11.9 Å². The van der Waals surface area contributed by atoms with Crippen LogP contribution in [0.2, 0.25) is 0 Å². The number of rotatable bonds is 4. The number of likely N-dealkylation sites (tertiary alicyclic amines) is 1. The van der Waals surface area contributed by atoms with Crippen LogP contribution < -0.4 is 0 Å². The second-order valence-electron chi connectivity index (χ2n) is 7.01. The lowest BCUT2D eigenvalue weighted by molar-refractivity contribution is 0.0493. The van der Waals surface area contributed by atoms with Gasteiger partial charge in [-0.2, -0.15) is 5.26 Å². The zero-order valence-electron chi connectivity index (χ0n) is 15.3. The molecule has 2 atom stereocenters. The van der Waals surface area contributed by atoms with Crippen LogP contribution in [0, 0.1) is 17.2 Å². The highest BCUT2D eigenvalue weighted by atomic mass is 16.2. The normalized spacial score (nSPS) is 20.3. The summed E-state index contributed by atoms with van der Waals surface area (Å²) in [5.41, 5.74) is 2.18. The summed E-state index contributed by atoms with van der Waals surface area (Å²) in [6, 6.07) is 16.0. The van der Waals surface area contributed by atoms with Gasteiger partial charge in [-0.25, -0.2) is 4.98 Å². The van der Waals surface area contributed by atoms with Crippen LogP contribution in [-0.4, -0.2) is 46.9 Å². The van der Waals surface area contributed by atoms with Crippen LogP contribution in [0.1, 0.15) is 35.0 Å². The fourth-order valence-corrected chi connectivity index (χ4v) is 3.70. The molecule has 1 aliphatic rings. The molecule has 1 fully saturated rings. The van der Waals surface area contributed by atoms with Gasteiger partial charge in [0.25, 0.3) is 5.91 Å². The maximum absolute atomic E-state index is 12.7. The fourth-order valence-electron chi connectivity index (χ4n) is 3.70. The maximum Gasteiger partial charge on any atom is 0.272 e. The molecule has 0 aliphatic carbocycles. The number of nitriles is 1. The van der Waals surface area contributed by atoms with Crippen molar-refractivity contribution in [2.24, 2.45) is 5.92 Å². The van der Waals surface area contributed by atoms with Gasteiger partial charge >= 0.3 is 0 Å². The lowest BCUT2D eigenvalue weighted by Gasteiger charge is -2.41. The highest BCUT2D eigenvalue weighted by molar-refractivity contribution is 5.92. The van der Waals surface area contributed by atoms with Crippen LogP contribution in [0.3, 0.4) is 0 Å². The van der Waals surface area contributed by atoms with E-state index in [0.29, 0.717) is 17.2 Å². The third kappa shape index (κ3) is 4.09. The van der Waals surface area contributed by atoms with Crippen molar-refractivity contribution in [2.45, 2.75) is 25.9 Å². The third-order valence-electron chi connectivity index (χ3n) is 5.12. The van der Waals surface area contributed by atoms with E-state index in [1.807, 2.05) is 24.1 Å². The molecule has 5 nitrogen and oxygen atoms in total. The van der Waals surface area contributed by atoms with Gasteiger partial charge in [0.05, 0.1) is 5.56 Å². The van der Waals surface area contributed by atoms with Gasteiger partial charge in [-0.05, 0) is 30.0 Å². The smallest absolute Gasteiger partial charge is 0.272 e. The molecule has 134 valence electrons. The van der Waals surface area contributed by atoms with Gasteiger partial charge in [0.1, 0.15) is 11.8 Å². The summed E-state index contributed by atoms with van der Waals surface area (Å²) in [5.74, 6) is 0.308. The number of carbonyl (C=O) groups is 1. The summed E-state index contributed by atoms with van der Waals surface area (Å²) in [7, 11) is 1.86. The van der Waals surface area contributed by atoms with E-state index in [9.17, 15) is 4.79 Å². The Hall–Kier alpha value is -2.71. The van der Waals surface area contributed by atoms with Crippen molar-refractivity contribution in [3.05, 3.63) is 65.5 Å². The Balaban J connectivity index is 1.61. The van der Waals surface area contributed by atoms with Crippen LogP contribution in [-0.2, 0) is 6.54 Å². The van der Waals surface area contributed by atoms with Gasteiger partial charge in [0, 0.05) is 38.9 Å². The van der Waals surface area contributed by atoms with E-state index in [1.165, 1.54) is 11.8 Å². The van der Waals surface area contributed by atoms with Crippen molar-refractivity contribution in [3.63, 3.8) is 0 Å². The van der Waals surface area contributed by atoms with Crippen molar-refractivity contribution in [2.75, 3.05) is 20.1 Å². The summed E-state index contributed by atoms with van der Waals surface area (Å²) >= 11 is 0. The summed E-state index contributed by atoms with van der Waals surface area (Å²) in [6.45, 7) is 5.10. The fraction of sp³-hybridized carbons (Fsp3) is 0.381. The first-order valence-corrected chi connectivity index (χ1v) is 8.98. The molecule has 2 aromatic rings. The number of hydrogen-bond acceptors (Lipinski definition) is 4. The molecule has 0 N–H and O–H groups in total. The van der Waals surface area contributed by atoms with Crippen molar-refractivity contribution in [3.8, 4) is 6.07 Å².